The van der Waals surface area contributed by atoms with Gasteiger partial charge in [0.15, 0.2) is 6.61 Å². The van der Waals surface area contributed by atoms with Gasteiger partial charge >= 0.3 is 5.97 Å². The molecule has 1 fully saturated rings. The van der Waals surface area contributed by atoms with E-state index in [0.717, 1.165) is 53.6 Å². The number of halogens is 2. The first-order chi connectivity index (χ1) is 18.8. The Labute approximate surface area is 230 Å². The summed E-state index contributed by atoms with van der Waals surface area (Å²) in [7, 11) is 0. The number of anilines is 1. The Hall–Kier alpha value is -4.11. The largest absolute Gasteiger partial charge is 0.482 e. The lowest BCUT2D eigenvalue weighted by Crippen LogP contribution is -2.25. The van der Waals surface area contributed by atoms with E-state index in [1.54, 1.807) is 16.8 Å². The number of carboxylic acid groups (broad SMARTS) is 1. The van der Waals surface area contributed by atoms with Crippen LogP contribution in [0.5, 0.6) is 5.75 Å². The lowest BCUT2D eigenvalue weighted by Gasteiger charge is -2.25. The van der Waals surface area contributed by atoms with Crippen LogP contribution in [0.1, 0.15) is 43.2 Å². The van der Waals surface area contributed by atoms with Gasteiger partial charge in [0.05, 0.1) is 33.7 Å². The molecule has 0 unspecified atom stereocenters. The number of rotatable bonds is 8. The zero-order valence-corrected chi connectivity index (χ0v) is 22.2. The van der Waals surface area contributed by atoms with Crippen LogP contribution in [-0.4, -0.2) is 39.2 Å². The maximum Gasteiger partial charge on any atom is 0.341 e. The Bertz CT molecular complexity index is 1560. The molecule has 2 aromatic heterocycles. The normalized spacial score (nSPS) is 14.5. The summed E-state index contributed by atoms with van der Waals surface area (Å²) in [6.07, 6.45) is 9.21. The summed E-state index contributed by atoms with van der Waals surface area (Å²) >= 11 is 6.25. The van der Waals surface area contributed by atoms with Crippen LogP contribution in [-0.2, 0) is 4.79 Å². The van der Waals surface area contributed by atoms with Gasteiger partial charge in [0.2, 0.25) is 0 Å². The Morgan fingerprint density at radius 1 is 1.23 bits per heavy atom. The lowest BCUT2D eigenvalue weighted by molar-refractivity contribution is -0.139. The number of hydrogen-bond acceptors (Lipinski definition) is 5. The fourth-order valence-electron chi connectivity index (χ4n) is 4.96. The van der Waals surface area contributed by atoms with Crippen molar-refractivity contribution in [2.24, 2.45) is 10.7 Å². The molecule has 4 N–H and O–H groups in total. The third-order valence-corrected chi connectivity index (χ3v) is 7.21. The number of nitrogens with one attached hydrogen (secondary N) is 1. The monoisotopic (exact) mass is 549 g/mol. The van der Waals surface area contributed by atoms with E-state index in [-0.39, 0.29) is 17.6 Å². The van der Waals surface area contributed by atoms with Gasteiger partial charge in [-0.05, 0) is 61.2 Å². The summed E-state index contributed by atoms with van der Waals surface area (Å²) < 4.78 is 21.0. The molecule has 0 radical (unpaired) electrons. The van der Waals surface area contributed by atoms with Crippen LogP contribution >= 0.6 is 11.6 Å². The second-order valence-electron chi connectivity index (χ2n) is 9.72. The summed E-state index contributed by atoms with van der Waals surface area (Å²) in [6, 6.07) is 11.7. The highest BCUT2D eigenvalue weighted by Crippen LogP contribution is 2.34. The molecule has 1 saturated carbocycles. The van der Waals surface area contributed by atoms with Crippen LogP contribution in [0.25, 0.3) is 16.6 Å². The minimum Gasteiger partial charge on any atom is -0.482 e. The molecular weight excluding hydrogens is 521 g/mol. The molecule has 39 heavy (non-hydrogen) atoms. The molecule has 10 heteroatoms. The molecule has 1 aliphatic carbocycles. The fourth-order valence-corrected chi connectivity index (χ4v) is 5.12. The summed E-state index contributed by atoms with van der Waals surface area (Å²) in [5.41, 5.74) is 11.8. The number of fused-ring (bicyclic) bond motifs is 1. The zero-order valence-electron chi connectivity index (χ0n) is 21.5. The molecule has 2 aromatic carbocycles. The van der Waals surface area contributed by atoms with Gasteiger partial charge < -0.3 is 20.9 Å². The summed E-state index contributed by atoms with van der Waals surface area (Å²) in [5.74, 6) is -0.819. The molecule has 0 atom stereocenters. The molecule has 0 bridgehead atoms. The highest BCUT2D eigenvalue weighted by molar-refractivity contribution is 6.33. The Morgan fingerprint density at radius 2 is 2.03 bits per heavy atom. The number of carbonyl (C=O) groups is 1. The molecule has 2 heterocycles. The van der Waals surface area contributed by atoms with Crippen LogP contribution in [0.3, 0.4) is 0 Å². The molecule has 202 valence electrons. The maximum absolute atomic E-state index is 13.9. The Kier molecular flexibility index (Phi) is 7.70. The number of ether oxygens (including phenoxy) is 1. The van der Waals surface area contributed by atoms with E-state index in [2.05, 4.69) is 15.4 Å². The third-order valence-electron chi connectivity index (χ3n) is 6.89. The number of nitrogens with two attached hydrogens (primary N) is 1. The Balaban J connectivity index is 1.57. The van der Waals surface area contributed by atoms with Crippen LogP contribution in [0.15, 0.2) is 59.9 Å². The van der Waals surface area contributed by atoms with Gasteiger partial charge in [0.1, 0.15) is 17.4 Å². The molecular formula is C29H29ClFN5O3. The van der Waals surface area contributed by atoms with Crippen molar-refractivity contribution in [3.8, 4) is 16.9 Å². The standard InChI is InChI=1S/C29H29ClFN5O3/c1-17-11-21(39-16-27(37)38)8-9-22(17)18-12-26-28(34-20-5-3-2-4-6-20)23(14-33-36(26)15-18)29(32)35-25-13-19(31)7-10-24(25)30/h7-15,20,34H,2-6,16H2,1H3,(H2,32,35)(H,37,38). The Morgan fingerprint density at radius 3 is 2.77 bits per heavy atom. The molecule has 1 aliphatic rings. The summed E-state index contributed by atoms with van der Waals surface area (Å²) in [5, 5.41) is 17.5. The van der Waals surface area contributed by atoms with Crippen molar-refractivity contribution in [3.05, 3.63) is 76.8 Å². The topological polar surface area (TPSA) is 114 Å². The zero-order chi connectivity index (χ0) is 27.5. The van der Waals surface area contributed by atoms with E-state index in [9.17, 15) is 9.18 Å². The quantitative estimate of drug-likeness (QED) is 0.174. The number of aliphatic imine (C=N–C) groups is 1. The predicted molar refractivity (Wildman–Crippen MR) is 151 cm³/mol. The highest BCUT2D eigenvalue weighted by atomic mass is 35.5. The highest BCUT2D eigenvalue weighted by Gasteiger charge is 2.20. The van der Waals surface area contributed by atoms with Crippen molar-refractivity contribution in [2.75, 3.05) is 11.9 Å². The molecule has 0 spiro atoms. The van der Waals surface area contributed by atoms with Gasteiger partial charge in [-0.25, -0.2) is 18.7 Å². The van der Waals surface area contributed by atoms with Crippen molar-refractivity contribution in [2.45, 2.75) is 45.1 Å². The predicted octanol–water partition coefficient (Wildman–Crippen LogP) is 6.35. The molecule has 0 saturated heterocycles. The number of hydrogen-bond donors (Lipinski definition) is 3. The first-order valence-corrected chi connectivity index (χ1v) is 13.2. The molecule has 4 aromatic rings. The van der Waals surface area contributed by atoms with E-state index in [1.807, 2.05) is 31.3 Å². The van der Waals surface area contributed by atoms with Crippen molar-refractivity contribution < 1.29 is 19.0 Å². The van der Waals surface area contributed by atoms with Crippen LogP contribution in [0.4, 0.5) is 15.8 Å². The van der Waals surface area contributed by atoms with Crippen LogP contribution in [0.2, 0.25) is 5.02 Å². The summed E-state index contributed by atoms with van der Waals surface area (Å²) in [6.45, 7) is 1.54. The van der Waals surface area contributed by atoms with Crippen LogP contribution < -0.4 is 15.8 Å². The third kappa shape index (κ3) is 5.98. The molecule has 5 rings (SSSR count). The van der Waals surface area contributed by atoms with Crippen LogP contribution in [0, 0.1) is 12.7 Å². The van der Waals surface area contributed by atoms with Gasteiger partial charge in [0.25, 0.3) is 0 Å². The maximum atomic E-state index is 13.9. The smallest absolute Gasteiger partial charge is 0.341 e. The summed E-state index contributed by atoms with van der Waals surface area (Å²) in [4.78, 5) is 15.3. The SMILES string of the molecule is Cc1cc(OCC(=O)O)ccc1-c1cc2c(NC3CCCCC3)c(C(N)=Nc3cc(F)ccc3Cl)cnn2c1. The molecule has 0 aliphatic heterocycles. The van der Waals surface area contributed by atoms with Gasteiger partial charge in [-0.15, -0.1) is 0 Å². The van der Waals surface area contributed by atoms with E-state index in [0.29, 0.717) is 16.3 Å². The first-order valence-electron chi connectivity index (χ1n) is 12.8. The van der Waals surface area contributed by atoms with Crippen molar-refractivity contribution in [3.63, 3.8) is 0 Å². The fraction of sp³-hybridized carbons (Fsp3) is 0.276. The van der Waals surface area contributed by atoms with Gasteiger partial charge in [-0.1, -0.05) is 36.9 Å². The number of aromatic nitrogens is 2. The minimum atomic E-state index is -1.03. The van der Waals surface area contributed by atoms with Crippen molar-refractivity contribution in [1.29, 1.82) is 0 Å². The van der Waals surface area contributed by atoms with Gasteiger partial charge in [-0.3, -0.25) is 0 Å². The van der Waals surface area contributed by atoms with Gasteiger partial charge in [0, 0.05) is 23.9 Å². The second-order valence-corrected chi connectivity index (χ2v) is 10.1. The number of amidine groups is 1. The van der Waals surface area contributed by atoms with E-state index in [4.69, 9.17) is 27.2 Å². The lowest BCUT2D eigenvalue weighted by atomic mass is 9.95. The van der Waals surface area contributed by atoms with E-state index in [1.165, 1.54) is 24.6 Å². The second kappa shape index (κ2) is 11.3. The number of nitrogens with zero attached hydrogens (tertiary/aromatic N) is 3. The van der Waals surface area contributed by atoms with Crippen molar-refractivity contribution in [1.82, 2.24) is 9.61 Å². The number of carboxylic acids is 1. The van der Waals surface area contributed by atoms with E-state index < -0.39 is 18.4 Å². The first kappa shape index (κ1) is 26.5. The average Bonchev–Trinajstić information content (AvgIpc) is 3.35. The molecule has 8 nitrogen and oxygen atoms in total. The molecule has 0 amide bonds. The minimum absolute atomic E-state index is 0.176. The number of aliphatic carboxylic acids is 1. The number of aryl methyl sites for hydroxylation is 1. The van der Waals surface area contributed by atoms with Gasteiger partial charge in [-0.2, -0.15) is 5.10 Å². The number of benzene rings is 2. The van der Waals surface area contributed by atoms with E-state index >= 15 is 0 Å². The van der Waals surface area contributed by atoms with Crippen molar-refractivity contribution >= 4 is 40.3 Å². The average molecular weight is 550 g/mol.